The Hall–Kier alpha value is -2.46. The van der Waals surface area contributed by atoms with Crippen molar-refractivity contribution in [2.75, 3.05) is 19.8 Å². The van der Waals surface area contributed by atoms with Crippen molar-refractivity contribution in [2.24, 2.45) is 0 Å². The van der Waals surface area contributed by atoms with E-state index < -0.39 is 36.1 Å². The zero-order chi connectivity index (χ0) is 28.2. The van der Waals surface area contributed by atoms with Gasteiger partial charge in [0.05, 0.1) is 19.8 Å². The van der Waals surface area contributed by atoms with Gasteiger partial charge in [0.15, 0.2) is 0 Å². The van der Waals surface area contributed by atoms with Crippen molar-refractivity contribution in [3.05, 3.63) is 72.3 Å². The van der Waals surface area contributed by atoms with Gasteiger partial charge >= 0.3 is 0 Å². The second-order valence-corrected chi connectivity index (χ2v) is 9.84. The number of rotatable bonds is 18. The second-order valence-electron chi connectivity index (χ2n) is 9.84. The topological polar surface area (TPSA) is 140 Å². The predicted molar refractivity (Wildman–Crippen MR) is 146 cm³/mol. The highest BCUT2D eigenvalue weighted by atomic mass is 16.5. The molecule has 38 heavy (non-hydrogen) atoms. The molecular formula is C30H44O8. The molecule has 2 aromatic rings. The molecule has 0 bridgehead atoms. The molecule has 0 radical (unpaired) electrons. The maximum absolute atomic E-state index is 11.7. The summed E-state index contributed by atoms with van der Waals surface area (Å²) in [7, 11) is 0. The summed E-state index contributed by atoms with van der Waals surface area (Å²) in [4.78, 5) is 0. The van der Waals surface area contributed by atoms with E-state index in [9.17, 15) is 30.6 Å². The van der Waals surface area contributed by atoms with Crippen molar-refractivity contribution in [3.8, 4) is 11.5 Å². The van der Waals surface area contributed by atoms with E-state index in [-0.39, 0.29) is 12.8 Å². The van der Waals surface area contributed by atoms with Crippen molar-refractivity contribution in [3.63, 3.8) is 0 Å². The summed E-state index contributed by atoms with van der Waals surface area (Å²) in [6.07, 6.45) is -1.48. The maximum Gasteiger partial charge on any atom is 0.126 e. The number of benzene rings is 2. The standard InChI is InChI=1S/C30H44O8/c1-4-7-15-37-24-13-9-11-22(17-24)19-29(35,6-3)28(34)30(36,27(33)26(32)21-31)20-23-12-10-14-25(18-23)38-16-8-5-2/h6,9-14,17-18,26-28,31-36H,3-5,7-8,15-16,19-21H2,1-2H3/t26-,27+,28+,29?,30+/m0/s1. The van der Waals surface area contributed by atoms with Gasteiger partial charge in [-0.25, -0.2) is 0 Å². The third-order valence-corrected chi connectivity index (χ3v) is 6.67. The van der Waals surface area contributed by atoms with E-state index in [1.54, 1.807) is 48.5 Å². The number of aliphatic hydroxyl groups excluding tert-OH is 4. The lowest BCUT2D eigenvalue weighted by molar-refractivity contribution is -0.218. The van der Waals surface area contributed by atoms with Gasteiger partial charge in [-0.05, 0) is 48.2 Å². The molecule has 0 aliphatic heterocycles. The monoisotopic (exact) mass is 532 g/mol. The summed E-state index contributed by atoms with van der Waals surface area (Å²) in [5.74, 6) is 1.14. The van der Waals surface area contributed by atoms with E-state index in [4.69, 9.17) is 9.47 Å². The fourth-order valence-corrected chi connectivity index (χ4v) is 4.32. The van der Waals surface area contributed by atoms with Crippen LogP contribution in [-0.4, -0.2) is 80.0 Å². The lowest BCUT2D eigenvalue weighted by Gasteiger charge is -2.45. The molecule has 0 saturated carbocycles. The number of ether oxygens (including phenoxy) is 2. The Bertz CT molecular complexity index is 982. The first-order chi connectivity index (χ1) is 18.1. The molecule has 0 aromatic heterocycles. The van der Waals surface area contributed by atoms with Crippen molar-refractivity contribution in [1.29, 1.82) is 0 Å². The molecule has 8 nitrogen and oxygen atoms in total. The maximum atomic E-state index is 11.7. The van der Waals surface area contributed by atoms with Gasteiger partial charge in [0, 0.05) is 12.8 Å². The number of hydrogen-bond donors (Lipinski definition) is 6. The van der Waals surface area contributed by atoms with E-state index in [0.29, 0.717) is 35.8 Å². The van der Waals surface area contributed by atoms with Crippen molar-refractivity contribution < 1.29 is 40.1 Å². The van der Waals surface area contributed by atoms with E-state index in [1.807, 2.05) is 6.92 Å². The van der Waals surface area contributed by atoms with Crippen molar-refractivity contribution in [1.82, 2.24) is 0 Å². The van der Waals surface area contributed by atoms with Gasteiger partial charge in [-0.2, -0.15) is 0 Å². The molecule has 0 heterocycles. The zero-order valence-corrected chi connectivity index (χ0v) is 22.5. The fourth-order valence-electron chi connectivity index (χ4n) is 4.32. The van der Waals surface area contributed by atoms with Crippen LogP contribution in [-0.2, 0) is 12.8 Å². The lowest BCUT2D eigenvalue weighted by Crippen LogP contribution is -2.66. The molecule has 2 rings (SSSR count). The lowest BCUT2D eigenvalue weighted by atomic mass is 9.73. The summed E-state index contributed by atoms with van der Waals surface area (Å²) in [5, 5.41) is 65.2. The van der Waals surface area contributed by atoms with Crippen LogP contribution in [0.1, 0.15) is 50.7 Å². The zero-order valence-electron chi connectivity index (χ0n) is 22.5. The minimum Gasteiger partial charge on any atom is -0.494 e. The van der Waals surface area contributed by atoms with Crippen LogP contribution < -0.4 is 9.47 Å². The fraction of sp³-hybridized carbons (Fsp3) is 0.533. The van der Waals surface area contributed by atoms with E-state index in [2.05, 4.69) is 13.5 Å². The summed E-state index contributed by atoms with van der Waals surface area (Å²) < 4.78 is 11.5. The van der Waals surface area contributed by atoms with Crippen LogP contribution in [0.15, 0.2) is 61.2 Å². The molecule has 2 aromatic carbocycles. The van der Waals surface area contributed by atoms with Gasteiger partial charge in [0.2, 0.25) is 0 Å². The largest absolute Gasteiger partial charge is 0.494 e. The Balaban J connectivity index is 2.37. The van der Waals surface area contributed by atoms with Crippen LogP contribution in [0, 0.1) is 0 Å². The normalized spacial score (nSPS) is 17.1. The summed E-state index contributed by atoms with van der Waals surface area (Å²) in [6, 6.07) is 13.8. The Morgan fingerprint density at radius 3 is 1.79 bits per heavy atom. The number of unbranched alkanes of at least 4 members (excludes halogenated alkanes) is 2. The molecule has 212 valence electrons. The van der Waals surface area contributed by atoms with E-state index >= 15 is 0 Å². The molecule has 0 amide bonds. The summed E-state index contributed by atoms with van der Waals surface area (Å²) in [5.41, 5.74) is -3.49. The van der Waals surface area contributed by atoms with Crippen molar-refractivity contribution in [2.45, 2.75) is 81.9 Å². The first-order valence-corrected chi connectivity index (χ1v) is 13.3. The van der Waals surface area contributed by atoms with Gasteiger partial charge in [-0.1, -0.05) is 57.0 Å². The second kappa shape index (κ2) is 15.2. The van der Waals surface area contributed by atoms with Gasteiger partial charge in [-0.15, -0.1) is 6.58 Å². The van der Waals surface area contributed by atoms with Crippen LogP contribution in [0.5, 0.6) is 11.5 Å². The van der Waals surface area contributed by atoms with Crippen molar-refractivity contribution >= 4 is 0 Å². The van der Waals surface area contributed by atoms with E-state index in [0.717, 1.165) is 31.8 Å². The Kier molecular flexibility index (Phi) is 12.7. The molecule has 1 unspecified atom stereocenters. The van der Waals surface area contributed by atoms with Gasteiger partial charge in [-0.3, -0.25) is 0 Å². The Morgan fingerprint density at radius 2 is 1.34 bits per heavy atom. The predicted octanol–water partition coefficient (Wildman–Crippen LogP) is 2.55. The first kappa shape index (κ1) is 31.8. The smallest absolute Gasteiger partial charge is 0.126 e. The molecule has 5 atom stereocenters. The highest BCUT2D eigenvalue weighted by Crippen LogP contribution is 2.34. The van der Waals surface area contributed by atoms with Crippen LogP contribution in [0.2, 0.25) is 0 Å². The Labute approximate surface area is 225 Å². The van der Waals surface area contributed by atoms with E-state index in [1.165, 1.54) is 0 Å². The van der Waals surface area contributed by atoms with Gasteiger partial charge in [0.1, 0.15) is 41.0 Å². The minimum absolute atomic E-state index is 0.160. The molecular weight excluding hydrogens is 488 g/mol. The highest BCUT2D eigenvalue weighted by Gasteiger charge is 2.53. The molecule has 6 N–H and O–H groups in total. The number of hydrogen-bond acceptors (Lipinski definition) is 8. The summed E-state index contributed by atoms with van der Waals surface area (Å²) in [6.45, 7) is 7.97. The quantitative estimate of drug-likeness (QED) is 0.127. The first-order valence-electron chi connectivity index (χ1n) is 13.3. The average molecular weight is 533 g/mol. The molecule has 8 heteroatoms. The molecule has 0 aliphatic rings. The number of aliphatic hydroxyl groups is 6. The van der Waals surface area contributed by atoms with Crippen LogP contribution >= 0.6 is 0 Å². The molecule has 0 saturated heterocycles. The third kappa shape index (κ3) is 8.53. The molecule has 0 fully saturated rings. The SMILES string of the molecule is C=CC(O)(Cc1cccc(OCCCC)c1)[C@@H](O)[C@@](O)(Cc1cccc(OCCCC)c1)[C@H](O)[C@@H](O)CO. The Morgan fingerprint density at radius 1 is 0.842 bits per heavy atom. The summed E-state index contributed by atoms with van der Waals surface area (Å²) >= 11 is 0. The van der Waals surface area contributed by atoms with Gasteiger partial charge < -0.3 is 40.1 Å². The minimum atomic E-state index is -2.47. The average Bonchev–Trinajstić information content (AvgIpc) is 2.92. The van der Waals surface area contributed by atoms with Crippen LogP contribution in [0.4, 0.5) is 0 Å². The highest BCUT2D eigenvalue weighted by molar-refractivity contribution is 5.33. The molecule has 0 aliphatic carbocycles. The molecule has 0 spiro atoms. The van der Waals surface area contributed by atoms with Crippen LogP contribution in [0.25, 0.3) is 0 Å². The third-order valence-electron chi connectivity index (χ3n) is 6.67. The van der Waals surface area contributed by atoms with Crippen LogP contribution in [0.3, 0.4) is 0 Å². The van der Waals surface area contributed by atoms with Gasteiger partial charge in [0.25, 0.3) is 0 Å².